The summed E-state index contributed by atoms with van der Waals surface area (Å²) in [6.07, 6.45) is 4.88. The van der Waals surface area contributed by atoms with E-state index in [1.54, 1.807) is 18.6 Å². The predicted molar refractivity (Wildman–Crippen MR) is 75.1 cm³/mol. The first-order valence-corrected chi connectivity index (χ1v) is 7.02. The van der Waals surface area contributed by atoms with Gasteiger partial charge in [-0.2, -0.15) is 0 Å². The van der Waals surface area contributed by atoms with E-state index in [1.165, 1.54) is 12.1 Å². The molecule has 1 saturated carbocycles. The lowest BCUT2D eigenvalue weighted by Crippen LogP contribution is -2.11. The molecule has 4 nitrogen and oxygen atoms in total. The fourth-order valence-corrected chi connectivity index (χ4v) is 2.55. The smallest absolute Gasteiger partial charge is 0.309 e. The highest BCUT2D eigenvalue weighted by Crippen LogP contribution is 2.48. The quantitative estimate of drug-likeness (QED) is 0.794. The van der Waals surface area contributed by atoms with Crippen molar-refractivity contribution in [3.8, 4) is 0 Å². The molecule has 2 atom stereocenters. The van der Waals surface area contributed by atoms with Crippen molar-refractivity contribution in [3.63, 3.8) is 0 Å². The van der Waals surface area contributed by atoms with Crippen LogP contribution in [0.15, 0.2) is 36.8 Å². The van der Waals surface area contributed by atoms with Gasteiger partial charge in [-0.15, -0.1) is 0 Å². The maximum absolute atomic E-state index is 13.2. The molecule has 1 aromatic carbocycles. The summed E-state index contributed by atoms with van der Waals surface area (Å²) in [6.45, 7) is 0.352. The summed E-state index contributed by atoms with van der Waals surface area (Å²) in [7, 11) is 1.91. The van der Waals surface area contributed by atoms with Gasteiger partial charge in [0.25, 0.3) is 0 Å². The lowest BCUT2D eigenvalue weighted by Gasteiger charge is -2.05. The molecule has 0 unspecified atom stereocenters. The lowest BCUT2D eigenvalue weighted by atomic mass is 10.1. The molecule has 1 aliphatic rings. The van der Waals surface area contributed by atoms with Crippen LogP contribution in [0.4, 0.5) is 4.39 Å². The van der Waals surface area contributed by atoms with Gasteiger partial charge in [0.15, 0.2) is 0 Å². The van der Waals surface area contributed by atoms with Gasteiger partial charge in [0, 0.05) is 25.4 Å². The Hall–Kier alpha value is -2.17. The Morgan fingerprint density at radius 2 is 2.38 bits per heavy atom. The molecule has 0 radical (unpaired) electrons. The summed E-state index contributed by atoms with van der Waals surface area (Å²) in [5.74, 6) is -0.475. The van der Waals surface area contributed by atoms with E-state index in [1.807, 2.05) is 17.7 Å². The van der Waals surface area contributed by atoms with Crippen molar-refractivity contribution < 1.29 is 13.9 Å². The van der Waals surface area contributed by atoms with Gasteiger partial charge in [-0.05, 0) is 30.0 Å². The molecule has 5 heteroatoms. The number of hydrogen-bond acceptors (Lipinski definition) is 3. The molecule has 0 saturated heterocycles. The van der Waals surface area contributed by atoms with Crippen LogP contribution in [0.25, 0.3) is 0 Å². The summed E-state index contributed by atoms with van der Waals surface area (Å²) in [6, 6.07) is 6.44. The minimum absolute atomic E-state index is 0.102. The second kappa shape index (κ2) is 5.68. The zero-order valence-electron chi connectivity index (χ0n) is 11.8. The van der Waals surface area contributed by atoms with E-state index in [0.29, 0.717) is 13.0 Å². The molecule has 1 heterocycles. The molecule has 110 valence electrons. The molecule has 0 aliphatic heterocycles. The van der Waals surface area contributed by atoms with E-state index in [-0.39, 0.29) is 23.6 Å². The molecule has 0 amide bonds. The van der Waals surface area contributed by atoms with E-state index in [9.17, 15) is 9.18 Å². The molecule has 1 aliphatic carbocycles. The van der Waals surface area contributed by atoms with Crippen molar-refractivity contribution in [1.82, 2.24) is 9.55 Å². The Balaban J connectivity index is 1.48. The summed E-state index contributed by atoms with van der Waals surface area (Å²) >= 11 is 0. The number of halogens is 1. The number of aromatic nitrogens is 2. The maximum Gasteiger partial charge on any atom is 0.309 e. The monoisotopic (exact) mass is 288 g/mol. The van der Waals surface area contributed by atoms with E-state index in [2.05, 4.69) is 4.98 Å². The van der Waals surface area contributed by atoms with E-state index in [0.717, 1.165) is 17.7 Å². The number of carbonyl (C=O) groups excluding carboxylic acids is 1. The van der Waals surface area contributed by atoms with Crippen molar-refractivity contribution in [2.24, 2.45) is 13.0 Å². The predicted octanol–water partition coefficient (Wildman–Crippen LogP) is 2.45. The number of esters is 1. The van der Waals surface area contributed by atoms with E-state index >= 15 is 0 Å². The highest BCUT2D eigenvalue weighted by molar-refractivity contribution is 5.77. The molecule has 0 spiro atoms. The number of carbonyl (C=O) groups is 1. The fraction of sp³-hybridized carbons (Fsp3) is 0.375. The molecule has 3 rings (SSSR count). The Labute approximate surface area is 122 Å². The van der Waals surface area contributed by atoms with Crippen LogP contribution in [0, 0.1) is 11.7 Å². The third-order valence-electron chi connectivity index (χ3n) is 3.89. The second-order valence-corrected chi connectivity index (χ2v) is 5.42. The van der Waals surface area contributed by atoms with Crippen molar-refractivity contribution in [3.05, 3.63) is 53.9 Å². The van der Waals surface area contributed by atoms with Crippen LogP contribution in [0.2, 0.25) is 0 Å². The first-order valence-electron chi connectivity index (χ1n) is 7.02. The van der Waals surface area contributed by atoms with Gasteiger partial charge in [0.05, 0.1) is 18.9 Å². The Morgan fingerprint density at radius 1 is 1.52 bits per heavy atom. The first-order chi connectivity index (χ1) is 10.1. The topological polar surface area (TPSA) is 44.1 Å². The number of nitrogens with zero attached hydrogens (tertiary/aromatic N) is 2. The second-order valence-electron chi connectivity index (χ2n) is 5.42. The summed E-state index contributed by atoms with van der Waals surface area (Å²) in [5.41, 5.74) is 1.91. The number of benzene rings is 1. The van der Waals surface area contributed by atoms with Crippen LogP contribution in [0.5, 0.6) is 0 Å². The standard InChI is InChI=1S/C16H17FN2O2/c1-19-10-18-9-13(19)5-6-21-16(20)15-8-14(15)11-3-2-4-12(17)7-11/h2-4,7,9-10,14-15H,5-6,8H2,1H3/t14-,15+/m0/s1. The van der Waals surface area contributed by atoms with Crippen LogP contribution in [0.3, 0.4) is 0 Å². The van der Waals surface area contributed by atoms with Crippen molar-refractivity contribution in [2.75, 3.05) is 6.61 Å². The summed E-state index contributed by atoms with van der Waals surface area (Å²) < 4.78 is 20.4. The molecule has 1 fully saturated rings. The molecular formula is C16H17FN2O2. The molecule has 1 aromatic heterocycles. The largest absolute Gasteiger partial charge is 0.465 e. The zero-order valence-corrected chi connectivity index (χ0v) is 11.8. The van der Waals surface area contributed by atoms with Crippen molar-refractivity contribution >= 4 is 5.97 Å². The number of rotatable bonds is 5. The first kappa shape index (κ1) is 13.8. The molecule has 0 N–H and O–H groups in total. The maximum atomic E-state index is 13.2. The number of ether oxygens (including phenoxy) is 1. The van der Waals surface area contributed by atoms with Crippen LogP contribution >= 0.6 is 0 Å². The Morgan fingerprint density at radius 3 is 3.10 bits per heavy atom. The minimum atomic E-state index is -0.261. The van der Waals surface area contributed by atoms with Crippen LogP contribution in [0.1, 0.15) is 23.6 Å². The van der Waals surface area contributed by atoms with Gasteiger partial charge < -0.3 is 9.30 Å². The lowest BCUT2D eigenvalue weighted by molar-refractivity contribution is -0.145. The van der Waals surface area contributed by atoms with E-state index in [4.69, 9.17) is 4.74 Å². The fourth-order valence-electron chi connectivity index (χ4n) is 2.55. The van der Waals surface area contributed by atoms with Crippen molar-refractivity contribution in [1.29, 1.82) is 0 Å². The number of hydrogen-bond donors (Lipinski definition) is 0. The zero-order chi connectivity index (χ0) is 14.8. The van der Waals surface area contributed by atoms with Crippen LogP contribution < -0.4 is 0 Å². The Bertz CT molecular complexity index is 653. The van der Waals surface area contributed by atoms with Crippen LogP contribution in [-0.2, 0) is 23.0 Å². The molecule has 2 aromatic rings. The third kappa shape index (κ3) is 3.12. The van der Waals surface area contributed by atoms with Gasteiger partial charge in [0.2, 0.25) is 0 Å². The molecule has 21 heavy (non-hydrogen) atoms. The minimum Gasteiger partial charge on any atom is -0.465 e. The SMILES string of the molecule is Cn1cncc1CCOC(=O)[C@@H]1C[C@H]1c1cccc(F)c1. The highest BCUT2D eigenvalue weighted by Gasteiger charge is 2.45. The normalized spacial score (nSPS) is 20.3. The summed E-state index contributed by atoms with van der Waals surface area (Å²) in [5, 5.41) is 0. The average molecular weight is 288 g/mol. The Kier molecular flexibility index (Phi) is 3.73. The highest BCUT2D eigenvalue weighted by atomic mass is 19.1. The number of imidazole rings is 1. The summed E-state index contributed by atoms with van der Waals surface area (Å²) in [4.78, 5) is 16.0. The average Bonchev–Trinajstić information content (AvgIpc) is 3.17. The van der Waals surface area contributed by atoms with Gasteiger partial charge in [-0.3, -0.25) is 4.79 Å². The van der Waals surface area contributed by atoms with Gasteiger partial charge in [0.1, 0.15) is 5.82 Å². The third-order valence-corrected chi connectivity index (χ3v) is 3.89. The molecular weight excluding hydrogens is 271 g/mol. The number of aryl methyl sites for hydroxylation is 1. The van der Waals surface area contributed by atoms with Gasteiger partial charge in [-0.1, -0.05) is 12.1 Å². The van der Waals surface area contributed by atoms with Crippen LogP contribution in [-0.4, -0.2) is 22.1 Å². The molecule has 0 bridgehead atoms. The van der Waals surface area contributed by atoms with E-state index < -0.39 is 0 Å². The van der Waals surface area contributed by atoms with Crippen molar-refractivity contribution in [2.45, 2.75) is 18.8 Å². The van der Waals surface area contributed by atoms with Gasteiger partial charge in [-0.25, -0.2) is 9.37 Å². The van der Waals surface area contributed by atoms with Gasteiger partial charge >= 0.3 is 5.97 Å².